The van der Waals surface area contributed by atoms with E-state index in [0.717, 1.165) is 29.8 Å². The first-order chi connectivity index (χ1) is 16.5. The summed E-state index contributed by atoms with van der Waals surface area (Å²) in [4.78, 5) is 27.2. The zero-order valence-electron chi connectivity index (χ0n) is 20.8. The quantitative estimate of drug-likeness (QED) is 0.446. The summed E-state index contributed by atoms with van der Waals surface area (Å²) in [5.74, 6) is -0.760. The van der Waals surface area contributed by atoms with E-state index < -0.39 is 11.7 Å². The third-order valence-electron chi connectivity index (χ3n) is 9.07. The highest BCUT2D eigenvalue weighted by atomic mass is 16.2. The molecule has 1 aliphatic carbocycles. The van der Waals surface area contributed by atoms with E-state index in [0.29, 0.717) is 29.6 Å². The summed E-state index contributed by atoms with van der Waals surface area (Å²) in [6, 6.07) is 10.3. The van der Waals surface area contributed by atoms with E-state index in [2.05, 4.69) is 22.5 Å². The number of nitrogens with zero attached hydrogens (tertiary/aromatic N) is 2. The van der Waals surface area contributed by atoms with Gasteiger partial charge < -0.3 is 10.3 Å². The van der Waals surface area contributed by atoms with Crippen LogP contribution in [-0.4, -0.2) is 39.3 Å². The lowest BCUT2D eigenvalue weighted by molar-refractivity contribution is -0.114. The fraction of sp³-hybridized carbons (Fsp3) is 0.655. The molecule has 2 bridgehead atoms. The van der Waals surface area contributed by atoms with Gasteiger partial charge in [-0.2, -0.15) is 0 Å². The Morgan fingerprint density at radius 1 is 0.824 bits per heavy atom. The van der Waals surface area contributed by atoms with Gasteiger partial charge in [-0.3, -0.25) is 14.5 Å². The fourth-order valence-corrected chi connectivity index (χ4v) is 7.35. The highest BCUT2D eigenvalue weighted by Gasteiger charge is 2.45. The number of hydrogen-bond donors (Lipinski definition) is 1. The summed E-state index contributed by atoms with van der Waals surface area (Å²) in [6.07, 6.45) is 19.2. The number of rotatable bonds is 4. The van der Waals surface area contributed by atoms with Gasteiger partial charge in [0, 0.05) is 41.3 Å². The first-order valence-electron chi connectivity index (χ1n) is 13.8. The van der Waals surface area contributed by atoms with Crippen molar-refractivity contribution >= 4 is 22.6 Å². The number of fused-ring (bicyclic) bond motifs is 3. The molecule has 3 fully saturated rings. The summed E-state index contributed by atoms with van der Waals surface area (Å²) in [5.41, 5.74) is 6.89. The van der Waals surface area contributed by atoms with Gasteiger partial charge in [0.25, 0.3) is 11.7 Å². The maximum Gasteiger partial charge on any atom is 0.289 e. The molecule has 1 aromatic carbocycles. The molecule has 4 atom stereocenters. The average Bonchev–Trinajstić information content (AvgIpc) is 3.23. The number of benzene rings is 1. The number of aromatic nitrogens is 1. The summed E-state index contributed by atoms with van der Waals surface area (Å²) < 4.78 is 2.30. The van der Waals surface area contributed by atoms with Crippen molar-refractivity contribution < 1.29 is 9.59 Å². The van der Waals surface area contributed by atoms with Crippen LogP contribution in [0.4, 0.5) is 0 Å². The molecule has 1 amide bonds. The first kappa shape index (κ1) is 23.6. The summed E-state index contributed by atoms with van der Waals surface area (Å²) in [5, 5.41) is 0.847. The summed E-state index contributed by atoms with van der Waals surface area (Å²) in [7, 11) is 0. The predicted molar refractivity (Wildman–Crippen MR) is 137 cm³/mol. The molecule has 2 aromatic rings. The standard InChI is InChI=1S/C29H41N3O2/c1-20-15-16-22-17-23(18-27(20)32(22)21-11-7-5-3-2-4-6-8-12-21)31-19-25(28(33)29(30)34)24-13-9-10-14-26(24)31/h9-10,13-14,19-23,27H,2-8,11-12,15-18H2,1H3,(H2,30,34)/t20?,22-,23+,27?/m0/s1. The second-order valence-electron chi connectivity index (χ2n) is 11.2. The van der Waals surface area contributed by atoms with Crippen molar-refractivity contribution in [3.05, 3.63) is 36.0 Å². The van der Waals surface area contributed by atoms with Crippen molar-refractivity contribution in [2.75, 3.05) is 0 Å². The highest BCUT2D eigenvalue weighted by Crippen LogP contribution is 2.45. The van der Waals surface area contributed by atoms with Gasteiger partial charge in [-0.1, -0.05) is 70.1 Å². The number of piperidine rings is 2. The number of ketones is 1. The van der Waals surface area contributed by atoms with Gasteiger partial charge in [-0.25, -0.2) is 0 Å². The Labute approximate surface area is 204 Å². The molecule has 3 heterocycles. The number of carbonyl (C=O) groups excluding carboxylic acids is 2. The second-order valence-corrected chi connectivity index (χ2v) is 11.2. The molecule has 2 unspecified atom stereocenters. The van der Waals surface area contributed by atoms with Crippen LogP contribution in [0.3, 0.4) is 0 Å². The van der Waals surface area contributed by atoms with Crippen LogP contribution in [0.1, 0.15) is 107 Å². The van der Waals surface area contributed by atoms with E-state index in [1.807, 2.05) is 24.4 Å². The zero-order chi connectivity index (χ0) is 23.7. The Balaban J connectivity index is 1.43. The lowest BCUT2D eigenvalue weighted by Gasteiger charge is -2.55. The number of nitrogens with two attached hydrogens (primary N) is 1. The molecule has 0 radical (unpaired) electrons. The Kier molecular flexibility index (Phi) is 7.10. The van der Waals surface area contributed by atoms with Crippen LogP contribution in [0, 0.1) is 5.92 Å². The Bertz CT molecular complexity index is 1020. The number of hydrogen-bond acceptors (Lipinski definition) is 3. The number of para-hydroxylation sites is 1. The minimum absolute atomic E-state index is 0.355. The van der Waals surface area contributed by atoms with Crippen LogP contribution in [-0.2, 0) is 4.79 Å². The molecule has 34 heavy (non-hydrogen) atoms. The van der Waals surface area contributed by atoms with Crippen molar-refractivity contribution in [3.8, 4) is 0 Å². The molecule has 0 spiro atoms. The fourth-order valence-electron chi connectivity index (χ4n) is 7.35. The number of amides is 1. The van der Waals surface area contributed by atoms with Crippen LogP contribution in [0.25, 0.3) is 10.9 Å². The van der Waals surface area contributed by atoms with Crippen molar-refractivity contribution in [1.82, 2.24) is 9.47 Å². The predicted octanol–water partition coefficient (Wildman–Crippen LogP) is 6.01. The van der Waals surface area contributed by atoms with Crippen molar-refractivity contribution in [2.45, 2.75) is 115 Å². The Morgan fingerprint density at radius 3 is 2.21 bits per heavy atom. The van der Waals surface area contributed by atoms with Gasteiger partial charge in [-0.15, -0.1) is 0 Å². The van der Waals surface area contributed by atoms with Crippen molar-refractivity contribution in [2.24, 2.45) is 11.7 Å². The molecule has 5 nitrogen and oxygen atoms in total. The topological polar surface area (TPSA) is 68.3 Å². The maximum absolute atomic E-state index is 12.6. The third kappa shape index (κ3) is 4.56. The van der Waals surface area contributed by atoms with Crippen LogP contribution in [0.5, 0.6) is 0 Å². The van der Waals surface area contributed by atoms with E-state index in [1.165, 1.54) is 70.6 Å². The van der Waals surface area contributed by atoms with Gasteiger partial charge in [0.05, 0.1) is 5.56 Å². The zero-order valence-corrected chi connectivity index (χ0v) is 20.8. The molecule has 5 heteroatoms. The molecule has 2 N–H and O–H groups in total. The molecular weight excluding hydrogens is 422 g/mol. The minimum atomic E-state index is -0.876. The summed E-state index contributed by atoms with van der Waals surface area (Å²) in [6.45, 7) is 2.45. The molecule has 3 aliphatic rings. The van der Waals surface area contributed by atoms with E-state index in [4.69, 9.17) is 5.73 Å². The SMILES string of the molecule is CC1CC[C@H]2C[C@@H](n3cc(C(=O)C(N)=O)c4ccccc43)CC1N2C1CCCCCCCCC1. The van der Waals surface area contributed by atoms with Gasteiger partial charge in [-0.05, 0) is 50.5 Å². The Morgan fingerprint density at radius 2 is 1.50 bits per heavy atom. The highest BCUT2D eigenvalue weighted by molar-refractivity contribution is 6.44. The van der Waals surface area contributed by atoms with E-state index >= 15 is 0 Å². The average molecular weight is 464 g/mol. The van der Waals surface area contributed by atoms with Gasteiger partial charge in [0.15, 0.2) is 0 Å². The third-order valence-corrected chi connectivity index (χ3v) is 9.07. The van der Waals surface area contributed by atoms with Gasteiger partial charge in [0.2, 0.25) is 0 Å². The molecule has 184 valence electrons. The smallest absolute Gasteiger partial charge is 0.289 e. The number of Topliss-reactive ketones (excluding diaryl/α,β-unsaturated/α-hetero) is 1. The van der Waals surface area contributed by atoms with Crippen LogP contribution in [0.15, 0.2) is 30.5 Å². The van der Waals surface area contributed by atoms with Crippen LogP contribution < -0.4 is 5.73 Å². The number of primary amides is 1. The molecule has 1 saturated carbocycles. The van der Waals surface area contributed by atoms with E-state index in [1.54, 1.807) is 0 Å². The molecule has 2 saturated heterocycles. The monoisotopic (exact) mass is 463 g/mol. The van der Waals surface area contributed by atoms with E-state index in [9.17, 15) is 9.59 Å². The first-order valence-corrected chi connectivity index (χ1v) is 13.8. The van der Waals surface area contributed by atoms with Crippen molar-refractivity contribution in [1.29, 1.82) is 0 Å². The minimum Gasteiger partial charge on any atom is -0.363 e. The number of carbonyl (C=O) groups is 2. The van der Waals surface area contributed by atoms with Gasteiger partial charge >= 0.3 is 0 Å². The Hall–Kier alpha value is -2.14. The normalized spacial score (nSPS) is 29.7. The molecule has 1 aromatic heterocycles. The van der Waals surface area contributed by atoms with Crippen LogP contribution >= 0.6 is 0 Å². The maximum atomic E-state index is 12.6. The van der Waals surface area contributed by atoms with Gasteiger partial charge in [0.1, 0.15) is 0 Å². The molecule has 5 rings (SSSR count). The second kappa shape index (κ2) is 10.2. The van der Waals surface area contributed by atoms with Crippen molar-refractivity contribution in [3.63, 3.8) is 0 Å². The molecule has 2 aliphatic heterocycles. The lowest BCUT2D eigenvalue weighted by atomic mass is 9.74. The molecular formula is C29H41N3O2. The lowest BCUT2D eigenvalue weighted by Crippen LogP contribution is -2.59. The van der Waals surface area contributed by atoms with Crippen LogP contribution in [0.2, 0.25) is 0 Å². The largest absolute Gasteiger partial charge is 0.363 e. The summed E-state index contributed by atoms with van der Waals surface area (Å²) >= 11 is 0. The van der Waals surface area contributed by atoms with E-state index in [-0.39, 0.29) is 0 Å².